The summed E-state index contributed by atoms with van der Waals surface area (Å²) in [7, 11) is 0. The molecule has 0 aliphatic rings. The molecular formula is C15H18N2O. The molecule has 1 aromatic carbocycles. The number of aromatic nitrogens is 1. The molecule has 1 heterocycles. The van der Waals surface area contributed by atoms with E-state index in [1.54, 1.807) is 6.20 Å². The Hall–Kier alpha value is -1.87. The van der Waals surface area contributed by atoms with Crippen LogP contribution >= 0.6 is 0 Å². The smallest absolute Gasteiger partial charge is 0.123 e. The van der Waals surface area contributed by atoms with Crippen molar-refractivity contribution in [2.45, 2.75) is 19.8 Å². The monoisotopic (exact) mass is 242 g/mol. The van der Waals surface area contributed by atoms with Gasteiger partial charge in [0.05, 0.1) is 0 Å². The third kappa shape index (κ3) is 2.87. The summed E-state index contributed by atoms with van der Waals surface area (Å²) in [6, 6.07) is 10.2. The molecule has 3 N–H and O–H groups in total. The van der Waals surface area contributed by atoms with Gasteiger partial charge in [-0.3, -0.25) is 0 Å². The topological polar surface area (TPSA) is 59.1 Å². The van der Waals surface area contributed by atoms with E-state index in [1.165, 1.54) is 16.7 Å². The van der Waals surface area contributed by atoms with Crippen molar-refractivity contribution in [3.63, 3.8) is 0 Å². The standard InChI is InChI=1S/C15H18N2O/c1-11-4-5-12(3-2-8-18)9-14(11)13-6-7-17-15(16)10-13/h4-7,9-10,18H,2-3,8H2,1H3,(H2,16,17). The molecular weight excluding hydrogens is 224 g/mol. The molecule has 94 valence electrons. The fourth-order valence-electron chi connectivity index (χ4n) is 2.03. The maximum Gasteiger partial charge on any atom is 0.123 e. The lowest BCUT2D eigenvalue weighted by molar-refractivity contribution is 0.288. The first-order valence-electron chi connectivity index (χ1n) is 6.13. The maximum absolute atomic E-state index is 8.88. The number of aliphatic hydroxyl groups is 1. The van der Waals surface area contributed by atoms with Gasteiger partial charge in [-0.25, -0.2) is 4.98 Å². The summed E-state index contributed by atoms with van der Waals surface area (Å²) in [5.74, 6) is 0.535. The molecule has 0 unspecified atom stereocenters. The SMILES string of the molecule is Cc1ccc(CCCO)cc1-c1ccnc(N)c1. The van der Waals surface area contributed by atoms with Crippen molar-refractivity contribution in [3.8, 4) is 11.1 Å². The number of aryl methyl sites for hydroxylation is 2. The minimum atomic E-state index is 0.228. The van der Waals surface area contributed by atoms with Gasteiger partial charge in [0.15, 0.2) is 0 Å². The van der Waals surface area contributed by atoms with Crippen LogP contribution in [0.2, 0.25) is 0 Å². The molecule has 3 heteroatoms. The molecule has 0 spiro atoms. The number of aliphatic hydroxyl groups excluding tert-OH is 1. The Morgan fingerprint density at radius 1 is 1.22 bits per heavy atom. The molecule has 0 aliphatic heterocycles. The van der Waals surface area contributed by atoms with Gasteiger partial charge in [0, 0.05) is 12.8 Å². The number of nitrogens with zero attached hydrogens (tertiary/aromatic N) is 1. The third-order valence-corrected chi connectivity index (χ3v) is 3.02. The number of rotatable bonds is 4. The van der Waals surface area contributed by atoms with Crippen LogP contribution in [-0.4, -0.2) is 16.7 Å². The number of benzene rings is 1. The van der Waals surface area contributed by atoms with Gasteiger partial charge in [-0.05, 0) is 54.2 Å². The van der Waals surface area contributed by atoms with Gasteiger partial charge in [-0.1, -0.05) is 18.2 Å². The minimum Gasteiger partial charge on any atom is -0.396 e. The van der Waals surface area contributed by atoms with Crippen LogP contribution in [0.15, 0.2) is 36.5 Å². The molecule has 18 heavy (non-hydrogen) atoms. The molecule has 0 fully saturated rings. The number of nitrogens with two attached hydrogens (primary N) is 1. The van der Waals surface area contributed by atoms with Crippen LogP contribution in [0.4, 0.5) is 5.82 Å². The van der Waals surface area contributed by atoms with Crippen LogP contribution in [0, 0.1) is 6.92 Å². The lowest BCUT2D eigenvalue weighted by Crippen LogP contribution is -1.94. The molecule has 0 amide bonds. The molecule has 0 saturated carbocycles. The highest BCUT2D eigenvalue weighted by Crippen LogP contribution is 2.25. The second-order valence-corrected chi connectivity index (χ2v) is 4.45. The van der Waals surface area contributed by atoms with E-state index in [0.717, 1.165) is 18.4 Å². The summed E-state index contributed by atoms with van der Waals surface area (Å²) >= 11 is 0. The van der Waals surface area contributed by atoms with Crippen LogP contribution in [0.25, 0.3) is 11.1 Å². The summed E-state index contributed by atoms with van der Waals surface area (Å²) < 4.78 is 0. The first kappa shape index (κ1) is 12.6. The van der Waals surface area contributed by atoms with E-state index >= 15 is 0 Å². The lowest BCUT2D eigenvalue weighted by Gasteiger charge is -2.09. The molecule has 2 aromatic rings. The zero-order valence-electron chi connectivity index (χ0n) is 10.6. The summed E-state index contributed by atoms with van der Waals surface area (Å²) in [4.78, 5) is 4.01. The number of anilines is 1. The van der Waals surface area contributed by atoms with Gasteiger partial charge in [-0.2, -0.15) is 0 Å². The second-order valence-electron chi connectivity index (χ2n) is 4.45. The normalized spacial score (nSPS) is 10.6. The average Bonchev–Trinajstić information content (AvgIpc) is 2.38. The summed E-state index contributed by atoms with van der Waals surface area (Å²) in [5.41, 5.74) is 10.4. The zero-order chi connectivity index (χ0) is 13.0. The molecule has 3 nitrogen and oxygen atoms in total. The molecule has 0 radical (unpaired) electrons. The third-order valence-electron chi connectivity index (χ3n) is 3.02. The fourth-order valence-corrected chi connectivity index (χ4v) is 2.03. The Kier molecular flexibility index (Phi) is 3.95. The van der Waals surface area contributed by atoms with Gasteiger partial charge in [0.1, 0.15) is 5.82 Å². The molecule has 0 bridgehead atoms. The van der Waals surface area contributed by atoms with Crippen molar-refractivity contribution in [1.82, 2.24) is 4.98 Å². The van der Waals surface area contributed by atoms with E-state index in [4.69, 9.17) is 10.8 Å². The van der Waals surface area contributed by atoms with Gasteiger partial charge in [-0.15, -0.1) is 0 Å². The molecule has 1 aromatic heterocycles. The first-order chi connectivity index (χ1) is 8.70. The lowest BCUT2D eigenvalue weighted by atomic mass is 9.97. The fraction of sp³-hybridized carbons (Fsp3) is 0.267. The van der Waals surface area contributed by atoms with Crippen LogP contribution in [0.3, 0.4) is 0 Å². The van der Waals surface area contributed by atoms with E-state index in [0.29, 0.717) is 5.82 Å². The largest absolute Gasteiger partial charge is 0.396 e. The maximum atomic E-state index is 8.88. The van der Waals surface area contributed by atoms with Crippen LogP contribution in [-0.2, 0) is 6.42 Å². The summed E-state index contributed by atoms with van der Waals surface area (Å²) in [6.45, 7) is 2.31. The van der Waals surface area contributed by atoms with Crippen LogP contribution in [0.1, 0.15) is 17.5 Å². The highest BCUT2D eigenvalue weighted by atomic mass is 16.2. The second kappa shape index (κ2) is 5.65. The van der Waals surface area contributed by atoms with E-state index in [2.05, 4.69) is 30.1 Å². The van der Waals surface area contributed by atoms with Gasteiger partial charge in [0.2, 0.25) is 0 Å². The average molecular weight is 242 g/mol. The number of hydrogen-bond donors (Lipinski definition) is 2. The quantitative estimate of drug-likeness (QED) is 0.866. The first-order valence-corrected chi connectivity index (χ1v) is 6.13. The molecule has 0 atom stereocenters. The van der Waals surface area contributed by atoms with Crippen molar-refractivity contribution in [3.05, 3.63) is 47.7 Å². The Labute approximate surface area is 107 Å². The highest BCUT2D eigenvalue weighted by molar-refractivity contribution is 5.69. The Bertz CT molecular complexity index is 538. The molecule has 0 saturated heterocycles. The van der Waals surface area contributed by atoms with Gasteiger partial charge < -0.3 is 10.8 Å². The van der Waals surface area contributed by atoms with Crippen molar-refractivity contribution in [2.24, 2.45) is 0 Å². The molecule has 0 aliphatic carbocycles. The molecule has 2 rings (SSSR count). The Morgan fingerprint density at radius 3 is 2.78 bits per heavy atom. The van der Waals surface area contributed by atoms with Crippen molar-refractivity contribution < 1.29 is 5.11 Å². The van der Waals surface area contributed by atoms with Crippen molar-refractivity contribution in [1.29, 1.82) is 0 Å². The van der Waals surface area contributed by atoms with Crippen LogP contribution < -0.4 is 5.73 Å². The van der Waals surface area contributed by atoms with Gasteiger partial charge >= 0.3 is 0 Å². The predicted octanol–water partition coefficient (Wildman–Crippen LogP) is 2.56. The van der Waals surface area contributed by atoms with Crippen molar-refractivity contribution in [2.75, 3.05) is 12.3 Å². The van der Waals surface area contributed by atoms with E-state index < -0.39 is 0 Å². The van der Waals surface area contributed by atoms with Crippen LogP contribution in [0.5, 0.6) is 0 Å². The summed E-state index contributed by atoms with van der Waals surface area (Å²) in [6.07, 6.45) is 3.41. The number of pyridine rings is 1. The van der Waals surface area contributed by atoms with Crippen molar-refractivity contribution >= 4 is 5.82 Å². The number of hydrogen-bond acceptors (Lipinski definition) is 3. The number of nitrogen functional groups attached to an aromatic ring is 1. The summed E-state index contributed by atoms with van der Waals surface area (Å²) in [5, 5.41) is 8.88. The highest BCUT2D eigenvalue weighted by Gasteiger charge is 2.04. The minimum absolute atomic E-state index is 0.228. The Morgan fingerprint density at radius 2 is 2.06 bits per heavy atom. The zero-order valence-corrected chi connectivity index (χ0v) is 10.6. The van der Waals surface area contributed by atoms with E-state index in [-0.39, 0.29) is 6.61 Å². The van der Waals surface area contributed by atoms with E-state index in [1.807, 2.05) is 12.1 Å². The predicted molar refractivity (Wildman–Crippen MR) is 74.2 cm³/mol. The Balaban J connectivity index is 2.37. The van der Waals surface area contributed by atoms with Gasteiger partial charge in [0.25, 0.3) is 0 Å². The van der Waals surface area contributed by atoms with E-state index in [9.17, 15) is 0 Å².